The molecule has 110 valence electrons. The van der Waals surface area contributed by atoms with Crippen molar-refractivity contribution in [3.63, 3.8) is 0 Å². The number of hydrogen-bond donors (Lipinski definition) is 1. The van der Waals surface area contributed by atoms with E-state index in [4.69, 9.17) is 4.74 Å². The Morgan fingerprint density at radius 1 is 1.25 bits per heavy atom. The van der Waals surface area contributed by atoms with Crippen LogP contribution in [0.5, 0.6) is 5.88 Å². The molecule has 0 unspecified atom stereocenters. The first kappa shape index (κ1) is 13.6. The van der Waals surface area contributed by atoms with Crippen molar-refractivity contribution in [3.05, 3.63) is 11.4 Å². The van der Waals surface area contributed by atoms with Gasteiger partial charge in [-0.3, -0.25) is 4.90 Å². The number of anilines is 1. The van der Waals surface area contributed by atoms with E-state index in [0.29, 0.717) is 12.5 Å². The lowest BCUT2D eigenvalue weighted by atomic mass is 10.3. The van der Waals surface area contributed by atoms with Crippen LogP contribution in [0.3, 0.4) is 0 Å². The summed E-state index contributed by atoms with van der Waals surface area (Å²) in [6.45, 7) is 6.15. The van der Waals surface area contributed by atoms with Crippen molar-refractivity contribution in [2.45, 2.75) is 38.5 Å². The minimum Gasteiger partial charge on any atom is -0.476 e. The third-order valence-electron chi connectivity index (χ3n) is 4.14. The number of ether oxygens (including phenoxy) is 1. The highest BCUT2D eigenvalue weighted by atomic mass is 16.5. The Balaban J connectivity index is 1.65. The SMILES string of the molecule is CNc1nc(C2CC2)nc(OCCN2CCCC2)c1C. The summed E-state index contributed by atoms with van der Waals surface area (Å²) in [6.07, 6.45) is 5.06. The number of nitrogens with zero attached hydrogens (tertiary/aromatic N) is 3. The molecule has 0 bridgehead atoms. The van der Waals surface area contributed by atoms with Crippen LogP contribution < -0.4 is 10.1 Å². The van der Waals surface area contributed by atoms with E-state index in [9.17, 15) is 0 Å². The molecule has 2 fully saturated rings. The lowest BCUT2D eigenvalue weighted by Crippen LogP contribution is -2.25. The molecule has 2 heterocycles. The van der Waals surface area contributed by atoms with Gasteiger partial charge in [-0.1, -0.05) is 0 Å². The van der Waals surface area contributed by atoms with Gasteiger partial charge in [0, 0.05) is 19.5 Å². The number of likely N-dealkylation sites (tertiary alicyclic amines) is 1. The van der Waals surface area contributed by atoms with Crippen LogP contribution in [-0.4, -0.2) is 48.2 Å². The monoisotopic (exact) mass is 276 g/mol. The zero-order chi connectivity index (χ0) is 13.9. The van der Waals surface area contributed by atoms with Crippen molar-refractivity contribution in [1.82, 2.24) is 14.9 Å². The van der Waals surface area contributed by atoms with Crippen molar-refractivity contribution < 1.29 is 4.74 Å². The summed E-state index contributed by atoms with van der Waals surface area (Å²) in [7, 11) is 1.90. The molecule has 3 rings (SSSR count). The molecule has 0 spiro atoms. The van der Waals surface area contributed by atoms with Gasteiger partial charge in [-0.25, -0.2) is 4.98 Å². The van der Waals surface area contributed by atoms with E-state index in [1.807, 2.05) is 14.0 Å². The fourth-order valence-corrected chi connectivity index (χ4v) is 2.70. The minimum absolute atomic E-state index is 0.545. The predicted molar refractivity (Wildman–Crippen MR) is 79.5 cm³/mol. The maximum atomic E-state index is 5.93. The number of aromatic nitrogens is 2. The van der Waals surface area contributed by atoms with Crippen molar-refractivity contribution in [1.29, 1.82) is 0 Å². The molecule has 1 saturated carbocycles. The third kappa shape index (κ3) is 3.03. The van der Waals surface area contributed by atoms with Crippen LogP contribution in [0.4, 0.5) is 5.82 Å². The Labute approximate surface area is 120 Å². The van der Waals surface area contributed by atoms with E-state index in [0.717, 1.165) is 29.6 Å². The van der Waals surface area contributed by atoms with E-state index in [1.165, 1.54) is 38.8 Å². The van der Waals surface area contributed by atoms with Crippen LogP contribution in [0.2, 0.25) is 0 Å². The van der Waals surface area contributed by atoms with Gasteiger partial charge in [-0.15, -0.1) is 0 Å². The molecular weight excluding hydrogens is 252 g/mol. The molecule has 20 heavy (non-hydrogen) atoms. The van der Waals surface area contributed by atoms with Crippen molar-refractivity contribution in [2.75, 3.05) is 38.6 Å². The smallest absolute Gasteiger partial charge is 0.221 e. The summed E-state index contributed by atoms with van der Waals surface area (Å²) in [5, 5.41) is 3.15. The van der Waals surface area contributed by atoms with E-state index in [1.54, 1.807) is 0 Å². The number of hydrogen-bond acceptors (Lipinski definition) is 5. The van der Waals surface area contributed by atoms with Crippen molar-refractivity contribution in [2.24, 2.45) is 0 Å². The van der Waals surface area contributed by atoms with Crippen LogP contribution in [0.25, 0.3) is 0 Å². The average Bonchev–Trinajstić information content (AvgIpc) is 3.18. The molecular formula is C15H24N4O. The van der Waals surface area contributed by atoms with Crippen LogP contribution >= 0.6 is 0 Å². The van der Waals surface area contributed by atoms with Crippen LogP contribution in [-0.2, 0) is 0 Å². The first-order valence-electron chi connectivity index (χ1n) is 7.69. The van der Waals surface area contributed by atoms with Crippen molar-refractivity contribution >= 4 is 5.82 Å². The molecule has 0 radical (unpaired) electrons. The highest BCUT2D eigenvalue weighted by Gasteiger charge is 2.28. The molecule has 0 amide bonds. The first-order valence-corrected chi connectivity index (χ1v) is 7.69. The standard InChI is InChI=1S/C15H24N4O/c1-11-13(16-2)17-14(12-5-6-12)18-15(11)20-10-9-19-7-3-4-8-19/h12H,3-10H2,1-2H3,(H,16,17,18). The zero-order valence-electron chi connectivity index (χ0n) is 12.5. The Kier molecular flexibility index (Phi) is 4.05. The van der Waals surface area contributed by atoms with E-state index < -0.39 is 0 Å². The Bertz CT molecular complexity index is 467. The maximum Gasteiger partial charge on any atom is 0.221 e. The second kappa shape index (κ2) is 5.95. The molecule has 1 saturated heterocycles. The molecule has 5 heteroatoms. The Morgan fingerprint density at radius 3 is 2.65 bits per heavy atom. The first-order chi connectivity index (χ1) is 9.78. The number of nitrogens with one attached hydrogen (secondary N) is 1. The Hall–Kier alpha value is -1.36. The molecule has 0 aromatic carbocycles. The number of rotatable bonds is 6. The largest absolute Gasteiger partial charge is 0.476 e. The summed E-state index contributed by atoms with van der Waals surface area (Å²) in [4.78, 5) is 11.7. The van der Waals surface area contributed by atoms with E-state index >= 15 is 0 Å². The van der Waals surface area contributed by atoms with Gasteiger partial charge in [-0.2, -0.15) is 4.98 Å². The zero-order valence-corrected chi connectivity index (χ0v) is 12.5. The molecule has 5 nitrogen and oxygen atoms in total. The summed E-state index contributed by atoms with van der Waals surface area (Å²) < 4.78 is 5.93. The molecule has 1 aromatic heterocycles. The topological polar surface area (TPSA) is 50.3 Å². The summed E-state index contributed by atoms with van der Waals surface area (Å²) in [5.74, 6) is 3.14. The average molecular weight is 276 g/mol. The van der Waals surface area contributed by atoms with Gasteiger partial charge in [0.2, 0.25) is 5.88 Å². The molecule has 2 aliphatic rings. The Morgan fingerprint density at radius 2 is 2.00 bits per heavy atom. The molecule has 0 atom stereocenters. The van der Waals surface area contributed by atoms with Crippen LogP contribution in [0.1, 0.15) is 43.0 Å². The van der Waals surface area contributed by atoms with Gasteiger partial charge >= 0.3 is 0 Å². The fourth-order valence-electron chi connectivity index (χ4n) is 2.70. The lowest BCUT2D eigenvalue weighted by Gasteiger charge is -2.16. The fraction of sp³-hybridized carbons (Fsp3) is 0.733. The van der Waals surface area contributed by atoms with Gasteiger partial charge in [0.25, 0.3) is 0 Å². The summed E-state index contributed by atoms with van der Waals surface area (Å²) >= 11 is 0. The van der Waals surface area contributed by atoms with E-state index in [2.05, 4.69) is 20.2 Å². The van der Waals surface area contributed by atoms with Gasteiger partial charge in [0.15, 0.2) is 0 Å². The summed E-state index contributed by atoms with van der Waals surface area (Å²) in [6, 6.07) is 0. The van der Waals surface area contributed by atoms with Gasteiger partial charge in [-0.05, 0) is 45.7 Å². The molecule has 1 N–H and O–H groups in total. The highest BCUT2D eigenvalue weighted by molar-refractivity contribution is 5.48. The van der Waals surface area contributed by atoms with Crippen LogP contribution in [0, 0.1) is 6.92 Å². The van der Waals surface area contributed by atoms with Gasteiger partial charge < -0.3 is 10.1 Å². The van der Waals surface area contributed by atoms with Gasteiger partial charge in [0.1, 0.15) is 18.2 Å². The molecule has 1 aromatic rings. The maximum absolute atomic E-state index is 5.93. The summed E-state index contributed by atoms with van der Waals surface area (Å²) in [5.41, 5.74) is 1.01. The van der Waals surface area contributed by atoms with Crippen molar-refractivity contribution in [3.8, 4) is 5.88 Å². The predicted octanol–water partition coefficient (Wildman–Crippen LogP) is 2.18. The third-order valence-corrected chi connectivity index (χ3v) is 4.14. The minimum atomic E-state index is 0.545. The molecule has 1 aliphatic carbocycles. The van der Waals surface area contributed by atoms with Gasteiger partial charge in [0.05, 0.1) is 5.56 Å². The van der Waals surface area contributed by atoms with Crippen LogP contribution in [0.15, 0.2) is 0 Å². The van der Waals surface area contributed by atoms with E-state index in [-0.39, 0.29) is 0 Å². The highest BCUT2D eigenvalue weighted by Crippen LogP contribution is 2.39. The second-order valence-electron chi connectivity index (χ2n) is 5.78. The quantitative estimate of drug-likeness (QED) is 0.863. The lowest BCUT2D eigenvalue weighted by molar-refractivity contribution is 0.230. The normalized spacial score (nSPS) is 19.3. The second-order valence-corrected chi connectivity index (χ2v) is 5.78. The molecule has 1 aliphatic heterocycles.